The molecule has 0 radical (unpaired) electrons. The Bertz CT molecular complexity index is 643. The van der Waals surface area contributed by atoms with Gasteiger partial charge in [-0.25, -0.2) is 0 Å². The van der Waals surface area contributed by atoms with E-state index in [9.17, 15) is 4.79 Å². The van der Waals surface area contributed by atoms with Crippen molar-refractivity contribution in [2.45, 2.75) is 38.3 Å². The minimum absolute atomic E-state index is 0.208. The van der Waals surface area contributed by atoms with Crippen molar-refractivity contribution in [3.63, 3.8) is 0 Å². The number of nitrogens with zero attached hydrogens (tertiary/aromatic N) is 2. The molecule has 3 rings (SSSR count). The van der Waals surface area contributed by atoms with E-state index in [0.717, 1.165) is 23.6 Å². The van der Waals surface area contributed by atoms with Crippen molar-refractivity contribution in [2.75, 3.05) is 14.1 Å². The number of carbonyl (C=O) groups is 1. The number of nitrogens with one attached hydrogen (secondary N) is 1. The molecule has 0 spiro atoms. The quantitative estimate of drug-likeness (QED) is 0.888. The second-order valence-corrected chi connectivity index (χ2v) is 5.87. The molecule has 1 amide bonds. The summed E-state index contributed by atoms with van der Waals surface area (Å²) >= 11 is 0. The van der Waals surface area contributed by atoms with Gasteiger partial charge in [-0.1, -0.05) is 11.6 Å². The maximum absolute atomic E-state index is 11.5. The lowest BCUT2D eigenvalue weighted by atomic mass is 9.81. The molecule has 118 valence electrons. The molecule has 1 aliphatic carbocycles. The van der Waals surface area contributed by atoms with E-state index in [1.165, 1.54) is 19.3 Å². The zero-order chi connectivity index (χ0) is 15.5. The van der Waals surface area contributed by atoms with Crippen molar-refractivity contribution < 1.29 is 13.7 Å². The van der Waals surface area contributed by atoms with E-state index in [-0.39, 0.29) is 5.91 Å². The lowest BCUT2D eigenvalue weighted by Crippen LogP contribution is -2.19. The molecule has 1 aliphatic rings. The van der Waals surface area contributed by atoms with E-state index in [1.54, 1.807) is 19.4 Å². The highest BCUT2D eigenvalue weighted by molar-refractivity contribution is 5.91. The molecule has 2 aromatic rings. The summed E-state index contributed by atoms with van der Waals surface area (Å²) in [4.78, 5) is 13.6. The monoisotopic (exact) mass is 303 g/mol. The fraction of sp³-hybridized carbons (Fsp3) is 0.500. The summed E-state index contributed by atoms with van der Waals surface area (Å²) < 4.78 is 10.7. The molecule has 0 aromatic carbocycles. The number of hydrogen-bond donors (Lipinski definition) is 1. The van der Waals surface area contributed by atoms with E-state index >= 15 is 0 Å². The zero-order valence-corrected chi connectivity index (χ0v) is 13.0. The molecule has 6 nitrogen and oxygen atoms in total. The molecule has 22 heavy (non-hydrogen) atoms. The molecule has 0 atom stereocenters. The van der Waals surface area contributed by atoms with Crippen LogP contribution >= 0.6 is 0 Å². The molecular weight excluding hydrogens is 282 g/mol. The summed E-state index contributed by atoms with van der Waals surface area (Å²) in [5.74, 6) is 1.46. The number of furan rings is 1. The largest absolute Gasteiger partial charge is 0.455 e. The molecule has 2 heterocycles. The maximum Gasteiger partial charge on any atom is 0.286 e. The Morgan fingerprint density at radius 2 is 2.23 bits per heavy atom. The summed E-state index contributed by atoms with van der Waals surface area (Å²) in [7, 11) is 3.60. The number of hydrogen-bond acceptors (Lipinski definition) is 5. The van der Waals surface area contributed by atoms with E-state index < -0.39 is 0 Å². The molecule has 1 N–H and O–H groups in total. The van der Waals surface area contributed by atoms with Crippen molar-refractivity contribution in [1.29, 1.82) is 0 Å². The smallest absolute Gasteiger partial charge is 0.286 e. The molecule has 0 unspecified atom stereocenters. The molecule has 0 aliphatic heterocycles. The molecule has 6 heteroatoms. The van der Waals surface area contributed by atoms with Crippen LogP contribution in [0.4, 0.5) is 0 Å². The number of carbonyl (C=O) groups excluding carboxylic acids is 1. The van der Waals surface area contributed by atoms with Gasteiger partial charge in [-0.05, 0) is 32.0 Å². The minimum Gasteiger partial charge on any atom is -0.455 e. The van der Waals surface area contributed by atoms with E-state index in [4.69, 9.17) is 8.94 Å². The molecule has 0 bridgehead atoms. The van der Waals surface area contributed by atoms with Crippen molar-refractivity contribution in [3.05, 3.63) is 41.2 Å². The van der Waals surface area contributed by atoms with Crippen LogP contribution in [0, 0.1) is 0 Å². The topological polar surface area (TPSA) is 71.5 Å². The summed E-state index contributed by atoms with van der Waals surface area (Å²) in [6.45, 7) is 1.39. The normalized spacial score (nSPS) is 15.0. The predicted molar refractivity (Wildman–Crippen MR) is 80.4 cm³/mol. The highest BCUT2D eigenvalue weighted by Crippen LogP contribution is 2.37. The summed E-state index contributed by atoms with van der Waals surface area (Å²) in [6.07, 6.45) is 5.43. The van der Waals surface area contributed by atoms with Gasteiger partial charge in [-0.15, -0.1) is 0 Å². The zero-order valence-electron chi connectivity index (χ0n) is 13.0. The van der Waals surface area contributed by atoms with Crippen molar-refractivity contribution in [3.8, 4) is 0 Å². The maximum atomic E-state index is 11.5. The Kier molecular flexibility index (Phi) is 4.29. The molecule has 1 fully saturated rings. The summed E-state index contributed by atoms with van der Waals surface area (Å²) in [6, 6.07) is 3.53. The van der Waals surface area contributed by atoms with E-state index in [0.29, 0.717) is 18.2 Å². The van der Waals surface area contributed by atoms with Gasteiger partial charge in [0.25, 0.3) is 5.91 Å². The number of amides is 1. The number of aromatic nitrogens is 1. The number of rotatable bonds is 6. The highest BCUT2D eigenvalue weighted by atomic mass is 16.5. The van der Waals surface area contributed by atoms with Crippen LogP contribution in [0.1, 0.15) is 52.8 Å². The van der Waals surface area contributed by atoms with Crippen LogP contribution in [-0.2, 0) is 13.1 Å². The van der Waals surface area contributed by atoms with Gasteiger partial charge >= 0.3 is 0 Å². The Hall–Kier alpha value is -2.08. The first-order valence-electron chi connectivity index (χ1n) is 7.60. The molecule has 1 saturated carbocycles. The van der Waals surface area contributed by atoms with Crippen LogP contribution < -0.4 is 5.32 Å². The first kappa shape index (κ1) is 14.8. The Labute approximate surface area is 129 Å². The van der Waals surface area contributed by atoms with Crippen LogP contribution in [0.25, 0.3) is 0 Å². The van der Waals surface area contributed by atoms with Crippen molar-refractivity contribution >= 4 is 5.91 Å². The van der Waals surface area contributed by atoms with Gasteiger partial charge in [-0.2, -0.15) is 0 Å². The highest BCUT2D eigenvalue weighted by Gasteiger charge is 2.25. The SMILES string of the molecule is CNC(=O)c1ccc(CN(C)Cc2conc2C2CCC2)o1. The first-order valence-corrected chi connectivity index (χ1v) is 7.60. The van der Waals surface area contributed by atoms with Crippen LogP contribution in [0.2, 0.25) is 0 Å². The van der Waals surface area contributed by atoms with Crippen molar-refractivity contribution in [1.82, 2.24) is 15.4 Å². The van der Waals surface area contributed by atoms with Crippen molar-refractivity contribution in [2.24, 2.45) is 0 Å². The van der Waals surface area contributed by atoms with Gasteiger partial charge in [-0.3, -0.25) is 9.69 Å². The van der Waals surface area contributed by atoms with Gasteiger partial charge in [0.2, 0.25) is 0 Å². The van der Waals surface area contributed by atoms with Gasteiger partial charge in [0.05, 0.1) is 12.2 Å². The molecule has 0 saturated heterocycles. The van der Waals surface area contributed by atoms with Gasteiger partial charge in [0, 0.05) is 25.1 Å². The van der Waals surface area contributed by atoms with Gasteiger partial charge in [0.1, 0.15) is 12.0 Å². The van der Waals surface area contributed by atoms with Crippen LogP contribution in [-0.4, -0.2) is 30.1 Å². The summed E-state index contributed by atoms with van der Waals surface area (Å²) in [5.41, 5.74) is 2.24. The average Bonchev–Trinajstić information content (AvgIpc) is 3.06. The van der Waals surface area contributed by atoms with Gasteiger partial charge < -0.3 is 14.3 Å². The third kappa shape index (κ3) is 3.06. The fourth-order valence-corrected chi connectivity index (χ4v) is 2.72. The second-order valence-electron chi connectivity index (χ2n) is 5.87. The molecular formula is C16H21N3O3. The van der Waals surface area contributed by atoms with Gasteiger partial charge in [0.15, 0.2) is 5.76 Å². The van der Waals surface area contributed by atoms with Crippen LogP contribution in [0.5, 0.6) is 0 Å². The second kappa shape index (κ2) is 6.36. The predicted octanol–water partition coefficient (Wildman–Crippen LogP) is 2.53. The molecule has 2 aromatic heterocycles. The van der Waals surface area contributed by atoms with Crippen LogP contribution in [0.3, 0.4) is 0 Å². The van der Waals surface area contributed by atoms with Crippen LogP contribution in [0.15, 0.2) is 27.3 Å². The summed E-state index contributed by atoms with van der Waals surface area (Å²) in [5, 5.41) is 6.71. The minimum atomic E-state index is -0.208. The third-order valence-corrected chi connectivity index (χ3v) is 4.15. The average molecular weight is 303 g/mol. The standard InChI is InChI=1S/C16H21N3O3/c1-17-16(20)14-7-6-13(22-14)9-19(2)8-12-10-21-18-15(12)11-4-3-5-11/h6-7,10-11H,3-5,8-9H2,1-2H3,(H,17,20). The third-order valence-electron chi connectivity index (χ3n) is 4.15. The van der Waals surface area contributed by atoms with E-state index in [2.05, 4.69) is 15.4 Å². The fourth-order valence-electron chi connectivity index (χ4n) is 2.72. The Morgan fingerprint density at radius 1 is 1.41 bits per heavy atom. The lowest BCUT2D eigenvalue weighted by Gasteiger charge is -2.24. The first-order chi connectivity index (χ1) is 10.7. The van der Waals surface area contributed by atoms with E-state index in [1.807, 2.05) is 13.1 Å². The Balaban J connectivity index is 1.60. The Morgan fingerprint density at radius 3 is 2.91 bits per heavy atom. The lowest BCUT2D eigenvalue weighted by molar-refractivity contribution is 0.0932.